The molecule has 0 saturated carbocycles. The highest BCUT2D eigenvalue weighted by atomic mass is 16.2. The van der Waals surface area contributed by atoms with Crippen molar-refractivity contribution in [1.82, 2.24) is 24.1 Å². The summed E-state index contributed by atoms with van der Waals surface area (Å²) in [4.78, 5) is 32.4. The molecule has 0 spiro atoms. The predicted octanol–water partition coefficient (Wildman–Crippen LogP) is 0.920. The fourth-order valence-electron chi connectivity index (χ4n) is 2.41. The predicted molar refractivity (Wildman–Crippen MR) is 88.9 cm³/mol. The molecule has 0 saturated heterocycles. The van der Waals surface area contributed by atoms with Gasteiger partial charge in [0.15, 0.2) is 0 Å². The molecular weight excluding hydrogens is 322 g/mol. The Balaban J connectivity index is 1.99. The van der Waals surface area contributed by atoms with E-state index in [0.29, 0.717) is 22.7 Å². The third kappa shape index (κ3) is 3.23. The molecule has 3 rings (SSSR count). The minimum atomic E-state index is -0.441. The highest BCUT2D eigenvalue weighted by Crippen LogP contribution is 2.14. The molecule has 0 fully saturated rings. The lowest BCUT2D eigenvalue weighted by Gasteiger charge is -2.12. The maximum absolute atomic E-state index is 12.6. The van der Waals surface area contributed by atoms with Gasteiger partial charge in [-0.3, -0.25) is 14.0 Å². The van der Waals surface area contributed by atoms with Crippen LogP contribution in [-0.4, -0.2) is 30.1 Å². The van der Waals surface area contributed by atoms with Crippen LogP contribution in [0.25, 0.3) is 5.52 Å². The summed E-state index contributed by atoms with van der Waals surface area (Å²) < 4.78 is 2.70. The fourth-order valence-corrected chi connectivity index (χ4v) is 2.41. The average Bonchev–Trinajstić information content (AvgIpc) is 3.02. The van der Waals surface area contributed by atoms with Gasteiger partial charge < -0.3 is 5.32 Å². The number of aromatic nitrogens is 5. The third-order valence-corrected chi connectivity index (χ3v) is 3.53. The Morgan fingerprint density at radius 1 is 1.44 bits per heavy atom. The van der Waals surface area contributed by atoms with Crippen molar-refractivity contribution in [1.29, 1.82) is 5.26 Å². The lowest BCUT2D eigenvalue weighted by atomic mass is 10.2. The van der Waals surface area contributed by atoms with Gasteiger partial charge >= 0.3 is 0 Å². The zero-order valence-electron chi connectivity index (χ0n) is 13.7. The Morgan fingerprint density at radius 2 is 2.24 bits per heavy atom. The summed E-state index contributed by atoms with van der Waals surface area (Å²) in [5, 5.41) is 15.9. The van der Waals surface area contributed by atoms with Crippen molar-refractivity contribution < 1.29 is 4.79 Å². The summed E-state index contributed by atoms with van der Waals surface area (Å²) in [6.07, 6.45) is 4.39. The summed E-state index contributed by atoms with van der Waals surface area (Å²) >= 11 is 0. The van der Waals surface area contributed by atoms with Crippen LogP contribution in [0.15, 0.2) is 35.6 Å². The zero-order valence-corrected chi connectivity index (χ0v) is 13.7. The summed E-state index contributed by atoms with van der Waals surface area (Å²) in [5.74, 6) is 0.497. The van der Waals surface area contributed by atoms with E-state index in [1.54, 1.807) is 16.7 Å². The molecule has 3 heterocycles. The van der Waals surface area contributed by atoms with Crippen LogP contribution in [0, 0.1) is 11.3 Å². The molecule has 3 aromatic heterocycles. The zero-order chi connectivity index (χ0) is 18.0. The van der Waals surface area contributed by atoms with Crippen LogP contribution in [-0.2, 0) is 11.3 Å². The fraction of sp³-hybridized carbons (Fsp3) is 0.250. The molecule has 1 N–H and O–H groups in total. The molecule has 9 heteroatoms. The topological polar surface area (TPSA) is 118 Å². The Bertz CT molecular complexity index is 1030. The maximum atomic E-state index is 12.6. The molecule has 0 unspecified atom stereocenters. The minimum Gasteiger partial charge on any atom is -0.309 e. The lowest BCUT2D eigenvalue weighted by molar-refractivity contribution is -0.117. The van der Waals surface area contributed by atoms with E-state index in [0.717, 1.165) is 4.68 Å². The number of carbonyl (C=O) groups excluding carboxylic acids is 1. The van der Waals surface area contributed by atoms with E-state index in [2.05, 4.69) is 20.4 Å². The van der Waals surface area contributed by atoms with Crippen LogP contribution >= 0.6 is 0 Å². The molecule has 0 aliphatic rings. The first-order chi connectivity index (χ1) is 12.0. The second kappa shape index (κ2) is 6.52. The van der Waals surface area contributed by atoms with Gasteiger partial charge in [0.1, 0.15) is 36.1 Å². The molecule has 0 aliphatic heterocycles. The first kappa shape index (κ1) is 16.3. The average molecular weight is 337 g/mol. The van der Waals surface area contributed by atoms with E-state index in [1.807, 2.05) is 19.9 Å². The van der Waals surface area contributed by atoms with Gasteiger partial charge in [-0.15, -0.1) is 0 Å². The Hall–Kier alpha value is -3.54. The highest BCUT2D eigenvalue weighted by Gasteiger charge is 2.16. The van der Waals surface area contributed by atoms with Crippen molar-refractivity contribution in [2.75, 3.05) is 5.32 Å². The van der Waals surface area contributed by atoms with E-state index < -0.39 is 11.5 Å². The molecule has 0 atom stereocenters. The molecule has 126 valence electrons. The summed E-state index contributed by atoms with van der Waals surface area (Å²) in [6, 6.07) is 5.05. The van der Waals surface area contributed by atoms with Crippen LogP contribution in [0.4, 0.5) is 5.82 Å². The third-order valence-electron chi connectivity index (χ3n) is 3.53. The van der Waals surface area contributed by atoms with Gasteiger partial charge in [0.25, 0.3) is 5.56 Å². The van der Waals surface area contributed by atoms with Gasteiger partial charge in [0.2, 0.25) is 5.91 Å². The SMILES string of the molecule is CC(C)c1nn(CC(=O)Nc2ccncn2)c(=O)c2cc(C#N)cn12. The lowest BCUT2D eigenvalue weighted by Crippen LogP contribution is -2.32. The number of nitrogens with zero attached hydrogens (tertiary/aromatic N) is 6. The molecule has 0 aliphatic carbocycles. The van der Waals surface area contributed by atoms with Crippen molar-refractivity contribution in [2.45, 2.75) is 26.3 Å². The van der Waals surface area contributed by atoms with Crippen LogP contribution in [0.1, 0.15) is 31.2 Å². The number of hydrogen-bond acceptors (Lipinski definition) is 6. The number of fused-ring (bicyclic) bond motifs is 1. The molecule has 25 heavy (non-hydrogen) atoms. The number of nitriles is 1. The Morgan fingerprint density at radius 3 is 2.88 bits per heavy atom. The number of anilines is 1. The van der Waals surface area contributed by atoms with Crippen molar-refractivity contribution in [3.05, 3.63) is 52.6 Å². The summed E-state index contributed by atoms with van der Waals surface area (Å²) in [5.41, 5.74) is 0.234. The Labute approximate surface area is 142 Å². The highest BCUT2D eigenvalue weighted by molar-refractivity contribution is 5.89. The number of carbonyl (C=O) groups is 1. The van der Waals surface area contributed by atoms with Crippen molar-refractivity contribution >= 4 is 17.2 Å². The van der Waals surface area contributed by atoms with Gasteiger partial charge in [0.05, 0.1) is 5.56 Å². The van der Waals surface area contributed by atoms with Crippen LogP contribution in [0.2, 0.25) is 0 Å². The van der Waals surface area contributed by atoms with Gasteiger partial charge in [-0.05, 0) is 12.1 Å². The van der Waals surface area contributed by atoms with Gasteiger partial charge in [-0.2, -0.15) is 10.4 Å². The molecule has 3 aromatic rings. The molecule has 0 radical (unpaired) electrons. The quantitative estimate of drug-likeness (QED) is 0.756. The van der Waals surface area contributed by atoms with E-state index in [-0.39, 0.29) is 12.5 Å². The number of rotatable bonds is 4. The van der Waals surface area contributed by atoms with Gasteiger partial charge in [-0.1, -0.05) is 13.8 Å². The first-order valence-electron chi connectivity index (χ1n) is 7.58. The van der Waals surface area contributed by atoms with E-state index in [4.69, 9.17) is 5.26 Å². The normalized spacial score (nSPS) is 10.8. The largest absolute Gasteiger partial charge is 0.309 e. The molecule has 1 amide bonds. The van der Waals surface area contributed by atoms with Crippen LogP contribution < -0.4 is 10.9 Å². The summed E-state index contributed by atoms with van der Waals surface area (Å²) in [6.45, 7) is 3.58. The van der Waals surface area contributed by atoms with E-state index in [9.17, 15) is 9.59 Å². The van der Waals surface area contributed by atoms with E-state index in [1.165, 1.54) is 18.6 Å². The first-order valence-corrected chi connectivity index (χ1v) is 7.58. The van der Waals surface area contributed by atoms with Crippen LogP contribution in [0.3, 0.4) is 0 Å². The second-order valence-electron chi connectivity index (χ2n) is 5.71. The number of hydrogen-bond donors (Lipinski definition) is 1. The smallest absolute Gasteiger partial charge is 0.291 e. The monoisotopic (exact) mass is 337 g/mol. The van der Waals surface area contributed by atoms with E-state index >= 15 is 0 Å². The standard InChI is InChI=1S/C16H15N7O2/c1-10(2)15-21-23(8-14(24)20-13-3-4-18-9-19-13)16(25)12-5-11(6-17)7-22(12)15/h3-5,7,9-10H,8H2,1-2H3,(H,18,19,20,24). The van der Waals surface area contributed by atoms with Gasteiger partial charge in [0, 0.05) is 18.3 Å². The number of amides is 1. The van der Waals surface area contributed by atoms with Crippen LogP contribution in [0.5, 0.6) is 0 Å². The molecule has 0 aromatic carbocycles. The van der Waals surface area contributed by atoms with Crippen molar-refractivity contribution in [3.8, 4) is 6.07 Å². The molecule has 0 bridgehead atoms. The van der Waals surface area contributed by atoms with Gasteiger partial charge in [-0.25, -0.2) is 14.6 Å². The summed E-state index contributed by atoms with van der Waals surface area (Å²) in [7, 11) is 0. The Kier molecular flexibility index (Phi) is 4.26. The van der Waals surface area contributed by atoms with Crippen molar-refractivity contribution in [3.63, 3.8) is 0 Å². The second-order valence-corrected chi connectivity index (χ2v) is 5.71. The molecule has 9 nitrogen and oxygen atoms in total. The number of nitrogens with one attached hydrogen (secondary N) is 1. The molecular formula is C16H15N7O2. The van der Waals surface area contributed by atoms with Crippen molar-refractivity contribution in [2.24, 2.45) is 0 Å². The minimum absolute atomic E-state index is 0.00165. The maximum Gasteiger partial charge on any atom is 0.291 e.